The average molecular weight is 234 g/mol. The number of hydrogen-bond donors (Lipinski definition) is 1. The van der Waals surface area contributed by atoms with Crippen LogP contribution in [0, 0.1) is 5.41 Å². The van der Waals surface area contributed by atoms with E-state index in [2.05, 4.69) is 36.1 Å². The minimum Gasteiger partial charge on any atom is -0.393 e. The van der Waals surface area contributed by atoms with E-state index in [0.29, 0.717) is 4.99 Å². The standard InChI is InChI=1S/C13H18N2S/c1-2-15(11-6-4-3-5-7-11)10-13(8-9-13)12(14)16/h3-7H,2,8-10H2,1H3,(H2,14,16). The van der Waals surface area contributed by atoms with Crippen LogP contribution < -0.4 is 10.6 Å². The third-order valence-corrected chi connectivity index (χ3v) is 3.81. The first-order chi connectivity index (χ1) is 7.68. The molecule has 0 aliphatic heterocycles. The van der Waals surface area contributed by atoms with Gasteiger partial charge in [-0.3, -0.25) is 0 Å². The van der Waals surface area contributed by atoms with Crippen LogP contribution in [0.1, 0.15) is 19.8 Å². The number of hydrogen-bond acceptors (Lipinski definition) is 2. The third kappa shape index (κ3) is 2.19. The van der Waals surface area contributed by atoms with Gasteiger partial charge in [-0.25, -0.2) is 0 Å². The molecule has 2 rings (SSSR count). The van der Waals surface area contributed by atoms with Crippen molar-refractivity contribution >= 4 is 22.9 Å². The number of thiocarbonyl (C=S) groups is 1. The van der Waals surface area contributed by atoms with Crippen LogP contribution >= 0.6 is 12.2 Å². The van der Waals surface area contributed by atoms with Crippen LogP contribution in [0.3, 0.4) is 0 Å². The molecule has 0 saturated heterocycles. The molecule has 0 unspecified atom stereocenters. The maximum atomic E-state index is 5.82. The van der Waals surface area contributed by atoms with E-state index >= 15 is 0 Å². The van der Waals surface area contributed by atoms with E-state index in [1.807, 2.05) is 6.07 Å². The quantitative estimate of drug-likeness (QED) is 0.794. The first kappa shape index (κ1) is 11.4. The highest BCUT2D eigenvalue weighted by Gasteiger charge is 2.46. The summed E-state index contributed by atoms with van der Waals surface area (Å²) >= 11 is 5.16. The summed E-state index contributed by atoms with van der Waals surface area (Å²) in [6, 6.07) is 10.5. The summed E-state index contributed by atoms with van der Waals surface area (Å²) in [6.07, 6.45) is 2.29. The van der Waals surface area contributed by atoms with E-state index in [1.165, 1.54) is 5.69 Å². The van der Waals surface area contributed by atoms with Crippen LogP contribution in [0.25, 0.3) is 0 Å². The van der Waals surface area contributed by atoms with E-state index < -0.39 is 0 Å². The summed E-state index contributed by atoms with van der Waals surface area (Å²) in [6.45, 7) is 4.12. The van der Waals surface area contributed by atoms with Crippen molar-refractivity contribution in [2.45, 2.75) is 19.8 Å². The maximum absolute atomic E-state index is 5.82. The second-order valence-electron chi connectivity index (χ2n) is 4.49. The second-order valence-corrected chi connectivity index (χ2v) is 4.93. The zero-order valence-corrected chi connectivity index (χ0v) is 10.5. The predicted molar refractivity (Wildman–Crippen MR) is 72.8 cm³/mol. The molecule has 0 amide bonds. The highest BCUT2D eigenvalue weighted by Crippen LogP contribution is 2.47. The summed E-state index contributed by atoms with van der Waals surface area (Å²) in [5, 5.41) is 0. The van der Waals surface area contributed by atoms with E-state index in [0.717, 1.165) is 25.9 Å². The molecule has 16 heavy (non-hydrogen) atoms. The average Bonchev–Trinajstić information content (AvgIpc) is 3.08. The molecular weight excluding hydrogens is 216 g/mol. The van der Waals surface area contributed by atoms with E-state index in [1.54, 1.807) is 0 Å². The van der Waals surface area contributed by atoms with Crippen molar-refractivity contribution in [3.05, 3.63) is 30.3 Å². The Labute approximate surface area is 102 Å². The summed E-state index contributed by atoms with van der Waals surface area (Å²) < 4.78 is 0. The smallest absolute Gasteiger partial charge is 0.0807 e. The number of benzene rings is 1. The van der Waals surface area contributed by atoms with Gasteiger partial charge in [-0.05, 0) is 31.9 Å². The Morgan fingerprint density at radius 1 is 1.38 bits per heavy atom. The molecule has 1 saturated carbocycles. The molecular formula is C13H18N2S. The molecule has 0 aromatic heterocycles. The zero-order chi connectivity index (χ0) is 11.6. The Morgan fingerprint density at radius 3 is 2.44 bits per heavy atom. The van der Waals surface area contributed by atoms with Gasteiger partial charge >= 0.3 is 0 Å². The van der Waals surface area contributed by atoms with Crippen molar-refractivity contribution < 1.29 is 0 Å². The lowest BCUT2D eigenvalue weighted by molar-refractivity contribution is 0.656. The van der Waals surface area contributed by atoms with Crippen molar-refractivity contribution in [1.29, 1.82) is 0 Å². The molecule has 2 N–H and O–H groups in total. The van der Waals surface area contributed by atoms with Crippen LogP contribution in [-0.2, 0) is 0 Å². The Balaban J connectivity index is 2.10. The second kappa shape index (κ2) is 4.42. The molecule has 0 radical (unpaired) electrons. The number of nitrogens with zero attached hydrogens (tertiary/aromatic N) is 1. The minimum atomic E-state index is 0.112. The van der Waals surface area contributed by atoms with Crippen molar-refractivity contribution in [1.82, 2.24) is 0 Å². The zero-order valence-electron chi connectivity index (χ0n) is 9.65. The molecule has 3 heteroatoms. The maximum Gasteiger partial charge on any atom is 0.0807 e. The molecule has 0 bridgehead atoms. The van der Waals surface area contributed by atoms with Crippen molar-refractivity contribution in [3.63, 3.8) is 0 Å². The number of rotatable bonds is 5. The summed E-state index contributed by atoms with van der Waals surface area (Å²) in [5.74, 6) is 0. The monoisotopic (exact) mass is 234 g/mol. The molecule has 1 aliphatic carbocycles. The lowest BCUT2D eigenvalue weighted by Crippen LogP contribution is -2.36. The Bertz CT molecular complexity index is 371. The molecule has 0 spiro atoms. The van der Waals surface area contributed by atoms with E-state index in [-0.39, 0.29) is 5.41 Å². The highest BCUT2D eigenvalue weighted by molar-refractivity contribution is 7.80. The fourth-order valence-corrected chi connectivity index (χ4v) is 2.29. The molecule has 1 aliphatic rings. The van der Waals surface area contributed by atoms with Gasteiger partial charge in [-0.2, -0.15) is 0 Å². The first-order valence-corrected chi connectivity index (χ1v) is 6.19. The van der Waals surface area contributed by atoms with Crippen molar-refractivity contribution in [2.24, 2.45) is 11.1 Å². The number of anilines is 1. The molecule has 1 aromatic carbocycles. The lowest BCUT2D eigenvalue weighted by atomic mass is 10.1. The van der Waals surface area contributed by atoms with Gasteiger partial charge in [0.2, 0.25) is 0 Å². The predicted octanol–water partition coefficient (Wildman–Crippen LogP) is 2.58. The molecule has 86 valence electrons. The largest absolute Gasteiger partial charge is 0.393 e. The SMILES string of the molecule is CCN(CC1(C(N)=S)CC1)c1ccccc1. The molecule has 1 fully saturated rings. The molecule has 0 atom stereocenters. The van der Waals surface area contributed by atoms with Gasteiger partial charge in [-0.15, -0.1) is 0 Å². The van der Waals surface area contributed by atoms with Crippen molar-refractivity contribution in [3.8, 4) is 0 Å². The van der Waals surface area contributed by atoms with Crippen LogP contribution in [-0.4, -0.2) is 18.1 Å². The normalized spacial score (nSPS) is 16.8. The fraction of sp³-hybridized carbons (Fsp3) is 0.462. The summed E-state index contributed by atoms with van der Waals surface area (Å²) in [5.41, 5.74) is 7.19. The minimum absolute atomic E-state index is 0.112. The van der Waals surface area contributed by atoms with Gasteiger partial charge in [0.15, 0.2) is 0 Å². The fourth-order valence-electron chi connectivity index (χ4n) is 2.02. The van der Waals surface area contributed by atoms with Gasteiger partial charge in [0.25, 0.3) is 0 Å². The van der Waals surface area contributed by atoms with Gasteiger partial charge < -0.3 is 10.6 Å². The molecule has 0 heterocycles. The topological polar surface area (TPSA) is 29.3 Å². The van der Waals surface area contributed by atoms with Crippen molar-refractivity contribution in [2.75, 3.05) is 18.0 Å². The van der Waals surface area contributed by atoms with Crippen LogP contribution in [0.2, 0.25) is 0 Å². The van der Waals surface area contributed by atoms with E-state index in [9.17, 15) is 0 Å². The van der Waals surface area contributed by atoms with Crippen LogP contribution in [0.15, 0.2) is 30.3 Å². The summed E-state index contributed by atoms with van der Waals surface area (Å²) in [7, 11) is 0. The molecule has 1 aromatic rings. The third-order valence-electron chi connectivity index (χ3n) is 3.37. The highest BCUT2D eigenvalue weighted by atomic mass is 32.1. The van der Waals surface area contributed by atoms with Gasteiger partial charge in [-0.1, -0.05) is 30.4 Å². The number of para-hydroxylation sites is 1. The Kier molecular flexibility index (Phi) is 3.15. The van der Waals surface area contributed by atoms with Gasteiger partial charge in [0, 0.05) is 24.2 Å². The van der Waals surface area contributed by atoms with Gasteiger partial charge in [0.05, 0.1) is 4.99 Å². The Hall–Kier alpha value is -1.09. The first-order valence-electron chi connectivity index (χ1n) is 5.78. The summed E-state index contributed by atoms with van der Waals surface area (Å²) in [4.78, 5) is 3.04. The van der Waals surface area contributed by atoms with Gasteiger partial charge in [0.1, 0.15) is 0 Å². The van der Waals surface area contributed by atoms with E-state index in [4.69, 9.17) is 18.0 Å². The van der Waals surface area contributed by atoms with Crippen LogP contribution in [0.5, 0.6) is 0 Å². The lowest BCUT2D eigenvalue weighted by Gasteiger charge is -2.27. The Morgan fingerprint density at radius 2 is 2.00 bits per heavy atom. The molecule has 2 nitrogen and oxygen atoms in total. The van der Waals surface area contributed by atoms with Crippen LogP contribution in [0.4, 0.5) is 5.69 Å². The number of nitrogens with two attached hydrogens (primary N) is 1.